The first-order chi connectivity index (χ1) is 7.61. The van der Waals surface area contributed by atoms with Crippen molar-refractivity contribution < 1.29 is 14.6 Å². The number of halogens is 1. The summed E-state index contributed by atoms with van der Waals surface area (Å²) in [5, 5.41) is 10.9. The van der Waals surface area contributed by atoms with Crippen LogP contribution in [0, 0.1) is 0 Å². The lowest BCUT2D eigenvalue weighted by molar-refractivity contribution is 0.0690. The van der Waals surface area contributed by atoms with Crippen LogP contribution in [0.25, 0.3) is 10.8 Å². The number of benzene rings is 1. The van der Waals surface area contributed by atoms with Crippen LogP contribution in [-0.4, -0.2) is 23.2 Å². The van der Waals surface area contributed by atoms with Crippen molar-refractivity contribution in [1.29, 1.82) is 0 Å². The number of methoxy groups -OCH3 is 1. The minimum absolute atomic E-state index is 0.0494. The molecule has 0 amide bonds. The number of aromatic nitrogens is 1. The number of aromatic carboxylic acids is 1. The molecule has 0 unspecified atom stereocenters. The second-order valence-electron chi connectivity index (χ2n) is 3.19. The molecule has 16 heavy (non-hydrogen) atoms. The number of fused-ring (bicyclic) bond motifs is 1. The molecule has 0 spiro atoms. The summed E-state index contributed by atoms with van der Waals surface area (Å²) in [4.78, 5) is 14.7. The van der Waals surface area contributed by atoms with E-state index >= 15 is 0 Å². The van der Waals surface area contributed by atoms with Crippen LogP contribution in [0.2, 0.25) is 5.02 Å². The smallest absolute Gasteiger partial charge is 0.354 e. The third kappa shape index (κ3) is 1.79. The maximum Gasteiger partial charge on any atom is 0.354 e. The number of carboxylic acid groups (broad SMARTS) is 1. The first-order valence-corrected chi connectivity index (χ1v) is 4.87. The molecule has 0 saturated heterocycles. The predicted molar refractivity (Wildman–Crippen MR) is 60.3 cm³/mol. The van der Waals surface area contributed by atoms with Gasteiger partial charge in [0, 0.05) is 10.4 Å². The van der Waals surface area contributed by atoms with Gasteiger partial charge in [-0.1, -0.05) is 17.7 Å². The van der Waals surface area contributed by atoms with Crippen LogP contribution in [0.1, 0.15) is 10.5 Å². The summed E-state index contributed by atoms with van der Waals surface area (Å²) in [5.74, 6) is -0.826. The zero-order valence-electron chi connectivity index (χ0n) is 8.40. The topological polar surface area (TPSA) is 59.4 Å². The van der Waals surface area contributed by atoms with E-state index in [2.05, 4.69) is 4.98 Å². The van der Waals surface area contributed by atoms with Gasteiger partial charge in [-0.15, -0.1) is 0 Å². The molecule has 0 aliphatic rings. The molecule has 2 rings (SSSR count). The largest absolute Gasteiger partial charge is 0.481 e. The summed E-state index contributed by atoms with van der Waals surface area (Å²) in [7, 11) is 1.44. The predicted octanol–water partition coefficient (Wildman–Crippen LogP) is 2.60. The summed E-state index contributed by atoms with van der Waals surface area (Å²) in [6, 6.07) is 6.59. The molecule has 82 valence electrons. The van der Waals surface area contributed by atoms with Crippen LogP contribution in [0.15, 0.2) is 24.3 Å². The lowest BCUT2D eigenvalue weighted by Crippen LogP contribution is -2.02. The number of carbonyl (C=O) groups is 1. The Bertz CT molecular complexity index is 568. The van der Waals surface area contributed by atoms with Crippen LogP contribution in [0.4, 0.5) is 0 Å². The van der Waals surface area contributed by atoms with Gasteiger partial charge in [0.05, 0.1) is 7.11 Å². The molecule has 5 heteroatoms. The SMILES string of the molecule is COc1nc(C(=O)O)cc2ccc(Cl)cc12. The molecule has 1 N–H and O–H groups in total. The molecule has 1 aromatic carbocycles. The fraction of sp³-hybridized carbons (Fsp3) is 0.0909. The number of rotatable bonds is 2. The van der Waals surface area contributed by atoms with E-state index in [1.807, 2.05) is 0 Å². The highest BCUT2D eigenvalue weighted by atomic mass is 35.5. The number of hydrogen-bond acceptors (Lipinski definition) is 3. The highest BCUT2D eigenvalue weighted by Crippen LogP contribution is 2.27. The Hall–Kier alpha value is -1.81. The molecule has 0 aliphatic heterocycles. The Morgan fingerprint density at radius 3 is 2.81 bits per heavy atom. The van der Waals surface area contributed by atoms with Gasteiger partial charge in [-0.3, -0.25) is 0 Å². The van der Waals surface area contributed by atoms with Gasteiger partial charge in [0.25, 0.3) is 0 Å². The van der Waals surface area contributed by atoms with Crippen LogP contribution >= 0.6 is 11.6 Å². The van der Waals surface area contributed by atoms with Crippen molar-refractivity contribution in [2.24, 2.45) is 0 Å². The molecule has 0 atom stereocenters. The molecule has 0 radical (unpaired) electrons. The van der Waals surface area contributed by atoms with Gasteiger partial charge in [0.2, 0.25) is 5.88 Å². The average molecular weight is 238 g/mol. The Kier molecular flexibility index (Phi) is 2.66. The lowest BCUT2D eigenvalue weighted by atomic mass is 10.1. The minimum Gasteiger partial charge on any atom is -0.481 e. The Morgan fingerprint density at radius 2 is 2.19 bits per heavy atom. The van der Waals surface area contributed by atoms with Gasteiger partial charge in [-0.2, -0.15) is 0 Å². The molecule has 0 fully saturated rings. The molecule has 2 aromatic rings. The molecule has 4 nitrogen and oxygen atoms in total. The van der Waals surface area contributed by atoms with E-state index in [-0.39, 0.29) is 11.6 Å². The maximum absolute atomic E-state index is 10.8. The molecule has 0 aliphatic carbocycles. The van der Waals surface area contributed by atoms with E-state index < -0.39 is 5.97 Å². The van der Waals surface area contributed by atoms with Gasteiger partial charge in [0.1, 0.15) is 0 Å². The monoisotopic (exact) mass is 237 g/mol. The molecule has 0 bridgehead atoms. The Labute approximate surface area is 96.4 Å². The van der Waals surface area contributed by atoms with E-state index in [9.17, 15) is 4.79 Å². The van der Waals surface area contributed by atoms with Crippen molar-refractivity contribution in [1.82, 2.24) is 4.98 Å². The standard InChI is InChI=1S/C11H8ClNO3/c1-16-10-8-5-7(12)3-2-6(8)4-9(13-10)11(14)15/h2-5H,1H3,(H,14,15). The van der Waals surface area contributed by atoms with Crippen LogP contribution in [0.5, 0.6) is 5.88 Å². The number of carboxylic acids is 1. The van der Waals surface area contributed by atoms with Crippen molar-refractivity contribution in [2.75, 3.05) is 7.11 Å². The second kappa shape index (κ2) is 3.98. The van der Waals surface area contributed by atoms with Crippen molar-refractivity contribution in [3.63, 3.8) is 0 Å². The number of ether oxygens (including phenoxy) is 1. The summed E-state index contributed by atoms with van der Waals surface area (Å²) in [6.07, 6.45) is 0. The molecule has 1 heterocycles. The first-order valence-electron chi connectivity index (χ1n) is 4.49. The van der Waals surface area contributed by atoms with Crippen LogP contribution in [-0.2, 0) is 0 Å². The van der Waals surface area contributed by atoms with Crippen molar-refractivity contribution in [3.8, 4) is 5.88 Å². The Balaban J connectivity index is 2.78. The van der Waals surface area contributed by atoms with Crippen molar-refractivity contribution in [2.45, 2.75) is 0 Å². The molecule has 1 aromatic heterocycles. The van der Waals surface area contributed by atoms with Gasteiger partial charge in [0.15, 0.2) is 5.69 Å². The fourth-order valence-electron chi connectivity index (χ4n) is 1.45. The minimum atomic E-state index is -1.09. The molecule has 0 saturated carbocycles. The van der Waals surface area contributed by atoms with Gasteiger partial charge >= 0.3 is 5.97 Å². The van der Waals surface area contributed by atoms with E-state index in [0.29, 0.717) is 10.4 Å². The highest BCUT2D eigenvalue weighted by molar-refractivity contribution is 6.31. The van der Waals surface area contributed by atoms with Gasteiger partial charge in [-0.25, -0.2) is 9.78 Å². The van der Waals surface area contributed by atoms with E-state index in [4.69, 9.17) is 21.4 Å². The summed E-state index contributed by atoms with van der Waals surface area (Å²) >= 11 is 5.85. The second-order valence-corrected chi connectivity index (χ2v) is 3.62. The number of pyridine rings is 1. The zero-order chi connectivity index (χ0) is 11.7. The number of nitrogens with zero attached hydrogens (tertiary/aromatic N) is 1. The van der Waals surface area contributed by atoms with Gasteiger partial charge < -0.3 is 9.84 Å². The van der Waals surface area contributed by atoms with Crippen molar-refractivity contribution >= 4 is 28.3 Å². The first kappa shape index (κ1) is 10.7. The zero-order valence-corrected chi connectivity index (χ0v) is 9.15. The Morgan fingerprint density at radius 1 is 1.44 bits per heavy atom. The third-order valence-electron chi connectivity index (χ3n) is 2.17. The van der Waals surface area contributed by atoms with E-state index in [1.54, 1.807) is 18.2 Å². The summed E-state index contributed by atoms with van der Waals surface area (Å²) < 4.78 is 5.04. The highest BCUT2D eigenvalue weighted by Gasteiger charge is 2.11. The maximum atomic E-state index is 10.8. The molecular weight excluding hydrogens is 230 g/mol. The third-order valence-corrected chi connectivity index (χ3v) is 2.41. The van der Waals surface area contributed by atoms with Crippen molar-refractivity contribution in [3.05, 3.63) is 35.0 Å². The normalized spacial score (nSPS) is 10.4. The molecular formula is C11H8ClNO3. The summed E-state index contributed by atoms with van der Waals surface area (Å²) in [5.41, 5.74) is -0.0494. The average Bonchev–Trinajstić information content (AvgIpc) is 2.27. The van der Waals surface area contributed by atoms with Crippen LogP contribution < -0.4 is 4.74 Å². The van der Waals surface area contributed by atoms with Crippen LogP contribution in [0.3, 0.4) is 0 Å². The summed E-state index contributed by atoms with van der Waals surface area (Å²) in [6.45, 7) is 0. The van der Waals surface area contributed by atoms with E-state index in [0.717, 1.165) is 5.39 Å². The van der Waals surface area contributed by atoms with Gasteiger partial charge in [-0.05, 0) is 23.6 Å². The van der Waals surface area contributed by atoms with E-state index in [1.165, 1.54) is 13.2 Å². The quantitative estimate of drug-likeness (QED) is 0.872. The lowest BCUT2D eigenvalue weighted by Gasteiger charge is -2.06. The number of hydrogen-bond donors (Lipinski definition) is 1. The fourth-order valence-corrected chi connectivity index (χ4v) is 1.63.